The molecule has 0 atom stereocenters. The number of fused-ring (bicyclic) bond motifs is 1. The first-order chi connectivity index (χ1) is 14.8. The van der Waals surface area contributed by atoms with E-state index in [9.17, 15) is 10.1 Å². The molecule has 0 N–H and O–H groups in total. The van der Waals surface area contributed by atoms with E-state index in [1.165, 1.54) is 6.42 Å². The van der Waals surface area contributed by atoms with E-state index in [2.05, 4.69) is 43.0 Å². The summed E-state index contributed by atoms with van der Waals surface area (Å²) in [6.07, 6.45) is 8.42. The molecule has 0 spiro atoms. The summed E-state index contributed by atoms with van der Waals surface area (Å²) < 4.78 is 8.03. The van der Waals surface area contributed by atoms with Crippen molar-refractivity contribution in [1.82, 2.24) is 14.5 Å². The molecule has 3 heterocycles. The fourth-order valence-electron chi connectivity index (χ4n) is 4.61. The molecular formula is C24H34N4O2Si. The molecule has 0 aromatic carbocycles. The monoisotopic (exact) mass is 438 g/mol. The van der Waals surface area contributed by atoms with Crippen LogP contribution in [0.5, 0.6) is 0 Å². The lowest BCUT2D eigenvalue weighted by Gasteiger charge is -2.40. The standard InChI is InChI=1S/C24H34N4O2Si/c1-31(2,3)15-14-30-18-28-16-21(20-8-5-11-26-22(20)28)24(17-25)9-12-27(13-10-24)23(29)19-6-4-7-19/h5,8,11,16,19H,4,6-7,9-10,12-15,18H2,1-3H3. The highest BCUT2D eigenvalue weighted by atomic mass is 28.3. The van der Waals surface area contributed by atoms with Crippen LogP contribution in [0.15, 0.2) is 24.5 Å². The zero-order chi connectivity index (χ0) is 22.1. The smallest absolute Gasteiger partial charge is 0.225 e. The summed E-state index contributed by atoms with van der Waals surface area (Å²) in [6, 6.07) is 7.74. The molecule has 166 valence electrons. The zero-order valence-electron chi connectivity index (χ0n) is 19.1. The van der Waals surface area contributed by atoms with Gasteiger partial charge in [0.25, 0.3) is 0 Å². The van der Waals surface area contributed by atoms with Crippen molar-refractivity contribution < 1.29 is 9.53 Å². The lowest BCUT2D eigenvalue weighted by atomic mass is 9.73. The van der Waals surface area contributed by atoms with Gasteiger partial charge in [-0.1, -0.05) is 26.1 Å². The Balaban J connectivity index is 1.52. The largest absolute Gasteiger partial charge is 0.361 e. The van der Waals surface area contributed by atoms with Gasteiger partial charge in [0.05, 0.1) is 11.5 Å². The molecule has 6 nitrogen and oxygen atoms in total. The molecular weight excluding hydrogens is 404 g/mol. The van der Waals surface area contributed by atoms with E-state index in [1.807, 2.05) is 15.5 Å². The van der Waals surface area contributed by atoms with E-state index in [0.717, 1.165) is 42.1 Å². The predicted molar refractivity (Wildman–Crippen MR) is 124 cm³/mol. The molecule has 2 aliphatic rings. The summed E-state index contributed by atoms with van der Waals surface area (Å²) >= 11 is 0. The van der Waals surface area contributed by atoms with Gasteiger partial charge in [0, 0.05) is 51.5 Å². The first-order valence-electron chi connectivity index (χ1n) is 11.6. The lowest BCUT2D eigenvalue weighted by Crippen LogP contribution is -2.47. The molecule has 1 saturated carbocycles. The topological polar surface area (TPSA) is 71.2 Å². The molecule has 31 heavy (non-hydrogen) atoms. The first kappa shape index (κ1) is 22.0. The molecule has 1 saturated heterocycles. The van der Waals surface area contributed by atoms with Crippen LogP contribution in [0, 0.1) is 17.2 Å². The normalized spacial score (nSPS) is 19.2. The van der Waals surface area contributed by atoms with Gasteiger partial charge in [-0.15, -0.1) is 0 Å². The minimum Gasteiger partial charge on any atom is -0.361 e. The van der Waals surface area contributed by atoms with Crippen molar-refractivity contribution in [2.24, 2.45) is 5.92 Å². The number of carbonyl (C=O) groups excluding carboxylic acids is 1. The number of piperidine rings is 1. The quantitative estimate of drug-likeness (QED) is 0.470. The van der Waals surface area contributed by atoms with Crippen molar-refractivity contribution in [1.29, 1.82) is 5.26 Å². The fourth-order valence-corrected chi connectivity index (χ4v) is 5.36. The molecule has 2 aromatic rings. The van der Waals surface area contributed by atoms with Crippen LogP contribution in [0.3, 0.4) is 0 Å². The first-order valence-corrected chi connectivity index (χ1v) is 15.3. The molecule has 7 heteroatoms. The Hall–Kier alpha value is -2.17. The van der Waals surface area contributed by atoms with Crippen molar-refractivity contribution in [3.05, 3.63) is 30.1 Å². The van der Waals surface area contributed by atoms with E-state index in [1.54, 1.807) is 6.20 Å². The van der Waals surface area contributed by atoms with E-state index in [-0.39, 0.29) is 11.8 Å². The number of likely N-dealkylation sites (tertiary alicyclic amines) is 1. The highest BCUT2D eigenvalue weighted by Crippen LogP contribution is 2.40. The molecule has 2 fully saturated rings. The number of aromatic nitrogens is 2. The second-order valence-electron chi connectivity index (χ2n) is 10.4. The average Bonchev–Trinajstić information content (AvgIpc) is 3.09. The molecule has 1 aliphatic carbocycles. The number of hydrogen-bond donors (Lipinski definition) is 0. The van der Waals surface area contributed by atoms with Crippen molar-refractivity contribution in [2.75, 3.05) is 19.7 Å². The Bertz CT molecular complexity index is 976. The molecule has 0 bridgehead atoms. The number of amides is 1. The third-order valence-corrected chi connectivity index (χ3v) is 8.68. The molecule has 1 aliphatic heterocycles. The van der Waals surface area contributed by atoms with Crippen molar-refractivity contribution in [2.45, 2.75) is 69.9 Å². The third-order valence-electron chi connectivity index (χ3n) is 6.97. The maximum atomic E-state index is 12.7. The molecule has 4 rings (SSSR count). The van der Waals surface area contributed by atoms with Gasteiger partial charge in [-0.25, -0.2) is 4.98 Å². The van der Waals surface area contributed by atoms with Crippen LogP contribution >= 0.6 is 0 Å². The molecule has 0 radical (unpaired) electrons. The average molecular weight is 439 g/mol. The van der Waals surface area contributed by atoms with E-state index >= 15 is 0 Å². The Morgan fingerprint density at radius 1 is 1.32 bits per heavy atom. The van der Waals surface area contributed by atoms with E-state index < -0.39 is 13.5 Å². The predicted octanol–water partition coefficient (Wildman–Crippen LogP) is 4.53. The summed E-state index contributed by atoms with van der Waals surface area (Å²) in [5, 5.41) is 11.3. The molecule has 2 aromatic heterocycles. The summed E-state index contributed by atoms with van der Waals surface area (Å²) in [5.74, 6) is 0.506. The van der Waals surface area contributed by atoms with Crippen LogP contribution in [-0.2, 0) is 21.7 Å². The number of nitriles is 1. The van der Waals surface area contributed by atoms with Crippen LogP contribution in [0.25, 0.3) is 11.0 Å². The van der Waals surface area contributed by atoms with Gasteiger partial charge in [-0.2, -0.15) is 5.26 Å². The number of nitrogens with zero attached hydrogens (tertiary/aromatic N) is 4. The van der Waals surface area contributed by atoms with Gasteiger partial charge in [0.2, 0.25) is 5.91 Å². The van der Waals surface area contributed by atoms with Crippen LogP contribution in [0.2, 0.25) is 25.7 Å². The highest BCUT2D eigenvalue weighted by molar-refractivity contribution is 6.76. The van der Waals surface area contributed by atoms with Gasteiger partial charge in [0.1, 0.15) is 12.4 Å². The van der Waals surface area contributed by atoms with Crippen LogP contribution in [0.1, 0.15) is 37.7 Å². The minimum absolute atomic E-state index is 0.217. The van der Waals surface area contributed by atoms with Crippen LogP contribution in [-0.4, -0.2) is 48.1 Å². The SMILES string of the molecule is C[Si](C)(C)CCOCn1cc(C2(C#N)CCN(C(=O)C3CCC3)CC2)c2cccnc21. The molecule has 1 amide bonds. The Labute approximate surface area is 186 Å². The summed E-state index contributed by atoms with van der Waals surface area (Å²) in [6.45, 7) is 9.55. The Morgan fingerprint density at radius 2 is 2.06 bits per heavy atom. The lowest BCUT2D eigenvalue weighted by molar-refractivity contribution is -0.139. The maximum Gasteiger partial charge on any atom is 0.225 e. The number of ether oxygens (including phenoxy) is 1. The van der Waals surface area contributed by atoms with Crippen molar-refractivity contribution in [3.8, 4) is 6.07 Å². The highest BCUT2D eigenvalue weighted by Gasteiger charge is 2.41. The van der Waals surface area contributed by atoms with Crippen molar-refractivity contribution in [3.63, 3.8) is 0 Å². The van der Waals surface area contributed by atoms with E-state index in [4.69, 9.17) is 4.74 Å². The summed E-state index contributed by atoms with van der Waals surface area (Å²) in [4.78, 5) is 19.2. The second kappa shape index (κ2) is 8.76. The maximum absolute atomic E-state index is 12.7. The van der Waals surface area contributed by atoms with Gasteiger partial charge in [0.15, 0.2) is 0 Å². The van der Waals surface area contributed by atoms with Crippen LogP contribution < -0.4 is 0 Å². The van der Waals surface area contributed by atoms with Gasteiger partial charge in [-0.05, 0) is 49.4 Å². The number of rotatable bonds is 7. The van der Waals surface area contributed by atoms with Gasteiger partial charge >= 0.3 is 0 Å². The summed E-state index contributed by atoms with van der Waals surface area (Å²) in [7, 11) is -1.14. The number of carbonyl (C=O) groups is 1. The number of hydrogen-bond acceptors (Lipinski definition) is 4. The van der Waals surface area contributed by atoms with Crippen LogP contribution in [0.4, 0.5) is 0 Å². The molecule has 0 unspecified atom stereocenters. The Morgan fingerprint density at radius 3 is 2.68 bits per heavy atom. The van der Waals surface area contributed by atoms with Gasteiger partial charge in [-0.3, -0.25) is 4.79 Å². The fraction of sp³-hybridized carbons (Fsp3) is 0.625. The van der Waals surface area contributed by atoms with Gasteiger partial charge < -0.3 is 14.2 Å². The second-order valence-corrected chi connectivity index (χ2v) is 16.0. The zero-order valence-corrected chi connectivity index (χ0v) is 20.1. The third kappa shape index (κ3) is 4.56. The van der Waals surface area contributed by atoms with E-state index in [0.29, 0.717) is 32.7 Å². The number of pyridine rings is 1. The van der Waals surface area contributed by atoms with Crippen molar-refractivity contribution >= 4 is 25.0 Å². The Kier molecular flexibility index (Phi) is 6.22. The summed E-state index contributed by atoms with van der Waals surface area (Å²) in [5.41, 5.74) is 1.32. The minimum atomic E-state index is -1.14.